The molecule has 0 saturated carbocycles. The lowest BCUT2D eigenvalue weighted by Gasteiger charge is -2.27. The Bertz CT molecular complexity index is 745. The Labute approximate surface area is 144 Å². The lowest BCUT2D eigenvalue weighted by molar-refractivity contribution is -0.134. The largest absolute Gasteiger partial charge is 0.334 e. The van der Waals surface area contributed by atoms with Crippen LogP contribution in [0.25, 0.3) is 0 Å². The van der Waals surface area contributed by atoms with E-state index in [0.29, 0.717) is 6.54 Å². The van der Waals surface area contributed by atoms with Gasteiger partial charge in [-0.15, -0.1) is 0 Å². The molecule has 0 aliphatic rings. The van der Waals surface area contributed by atoms with Gasteiger partial charge in [0, 0.05) is 12.6 Å². The Hall–Kier alpha value is -1.85. The van der Waals surface area contributed by atoms with Gasteiger partial charge in [0.2, 0.25) is 5.91 Å². The Balaban J connectivity index is 2.19. The Morgan fingerprint density at radius 1 is 1.26 bits per heavy atom. The molecule has 0 bridgehead atoms. The van der Waals surface area contributed by atoms with Crippen LogP contribution in [0.15, 0.2) is 41.3 Å². The minimum Gasteiger partial charge on any atom is -0.334 e. The Morgan fingerprint density at radius 3 is 2.52 bits per heavy atom. The van der Waals surface area contributed by atoms with Crippen LogP contribution in [0.2, 0.25) is 10.0 Å². The predicted molar refractivity (Wildman–Crippen MR) is 90.6 cm³/mol. The first-order valence-electron chi connectivity index (χ1n) is 7.14. The molecule has 1 amide bonds. The van der Waals surface area contributed by atoms with Crippen molar-refractivity contribution in [3.63, 3.8) is 0 Å². The summed E-state index contributed by atoms with van der Waals surface area (Å²) in [6, 6.07) is 9.65. The molecule has 0 radical (unpaired) electrons. The third-order valence-electron chi connectivity index (χ3n) is 3.37. The summed E-state index contributed by atoms with van der Waals surface area (Å²) >= 11 is 11.5. The monoisotopic (exact) mass is 353 g/mol. The van der Waals surface area contributed by atoms with Gasteiger partial charge in [0.25, 0.3) is 5.56 Å². The topological polar surface area (TPSA) is 55.2 Å². The fourth-order valence-corrected chi connectivity index (χ4v) is 2.39. The molecule has 0 atom stereocenters. The number of hydrogen-bond acceptors (Lipinski definition) is 3. The number of carbonyl (C=O) groups is 1. The third-order valence-corrected chi connectivity index (χ3v) is 4.12. The number of rotatable bonds is 5. The van der Waals surface area contributed by atoms with Crippen LogP contribution in [0.1, 0.15) is 19.4 Å². The van der Waals surface area contributed by atoms with Crippen molar-refractivity contribution >= 4 is 29.1 Å². The minimum atomic E-state index is -0.573. The van der Waals surface area contributed by atoms with E-state index in [1.54, 1.807) is 4.90 Å². The van der Waals surface area contributed by atoms with Gasteiger partial charge in [0.1, 0.15) is 11.6 Å². The molecule has 1 aromatic heterocycles. The van der Waals surface area contributed by atoms with Gasteiger partial charge < -0.3 is 4.90 Å². The quantitative estimate of drug-likeness (QED) is 0.830. The van der Waals surface area contributed by atoms with Crippen LogP contribution in [0, 0.1) is 0 Å². The van der Waals surface area contributed by atoms with E-state index in [9.17, 15) is 9.59 Å². The van der Waals surface area contributed by atoms with Gasteiger partial charge in [-0.3, -0.25) is 9.59 Å². The second kappa shape index (κ2) is 7.62. The minimum absolute atomic E-state index is 0.0128. The summed E-state index contributed by atoms with van der Waals surface area (Å²) in [5, 5.41) is 3.81. The molecular weight excluding hydrogens is 337 g/mol. The van der Waals surface area contributed by atoms with Crippen molar-refractivity contribution in [2.45, 2.75) is 33.0 Å². The molecule has 0 spiro atoms. The molecule has 122 valence electrons. The summed E-state index contributed by atoms with van der Waals surface area (Å²) in [4.78, 5) is 26.2. The van der Waals surface area contributed by atoms with Crippen LogP contribution in [-0.2, 0) is 17.9 Å². The zero-order chi connectivity index (χ0) is 17.0. The zero-order valence-corrected chi connectivity index (χ0v) is 14.4. The lowest BCUT2D eigenvalue weighted by atomic mass is 10.2. The van der Waals surface area contributed by atoms with E-state index in [2.05, 4.69) is 5.10 Å². The van der Waals surface area contributed by atoms with E-state index in [0.717, 1.165) is 10.2 Å². The number of benzene rings is 1. The van der Waals surface area contributed by atoms with E-state index in [-0.39, 0.29) is 28.5 Å². The highest BCUT2D eigenvalue weighted by atomic mass is 35.5. The summed E-state index contributed by atoms with van der Waals surface area (Å²) in [6.45, 7) is 4.13. The van der Waals surface area contributed by atoms with Crippen molar-refractivity contribution in [2.24, 2.45) is 0 Å². The first-order valence-corrected chi connectivity index (χ1v) is 7.90. The maximum absolute atomic E-state index is 12.6. The van der Waals surface area contributed by atoms with Gasteiger partial charge in [0.15, 0.2) is 0 Å². The normalized spacial score (nSPS) is 10.8. The molecule has 0 fully saturated rings. The van der Waals surface area contributed by atoms with Gasteiger partial charge in [-0.25, -0.2) is 4.68 Å². The summed E-state index contributed by atoms with van der Waals surface area (Å²) in [5.41, 5.74) is 0.444. The molecule has 2 aromatic rings. The Kier molecular flexibility index (Phi) is 5.80. The Morgan fingerprint density at radius 2 is 1.91 bits per heavy atom. The molecule has 23 heavy (non-hydrogen) atoms. The number of halogens is 2. The number of hydrogen-bond donors (Lipinski definition) is 0. The van der Waals surface area contributed by atoms with E-state index in [4.69, 9.17) is 23.2 Å². The van der Waals surface area contributed by atoms with Crippen LogP contribution in [0.4, 0.5) is 0 Å². The van der Waals surface area contributed by atoms with Gasteiger partial charge in [-0.05, 0) is 19.4 Å². The number of nitrogens with zero attached hydrogens (tertiary/aromatic N) is 3. The summed E-state index contributed by atoms with van der Waals surface area (Å²) in [7, 11) is 0. The highest BCUT2D eigenvalue weighted by Gasteiger charge is 2.19. The maximum atomic E-state index is 12.6. The van der Waals surface area contributed by atoms with Crippen molar-refractivity contribution in [1.82, 2.24) is 14.7 Å². The second-order valence-corrected chi connectivity index (χ2v) is 6.16. The molecule has 0 aliphatic carbocycles. The van der Waals surface area contributed by atoms with Crippen molar-refractivity contribution in [2.75, 3.05) is 0 Å². The molecule has 1 aromatic carbocycles. The molecule has 0 N–H and O–H groups in total. The summed E-state index contributed by atoms with van der Waals surface area (Å²) in [6.07, 6.45) is 1.26. The average molecular weight is 354 g/mol. The zero-order valence-electron chi connectivity index (χ0n) is 12.9. The van der Waals surface area contributed by atoms with Crippen LogP contribution in [0.5, 0.6) is 0 Å². The van der Waals surface area contributed by atoms with E-state index >= 15 is 0 Å². The molecular formula is C16H17Cl2N3O2. The maximum Gasteiger partial charge on any atom is 0.287 e. The van der Waals surface area contributed by atoms with Gasteiger partial charge in [-0.1, -0.05) is 53.5 Å². The first-order chi connectivity index (χ1) is 10.9. The van der Waals surface area contributed by atoms with Crippen molar-refractivity contribution in [3.05, 3.63) is 62.5 Å². The van der Waals surface area contributed by atoms with Gasteiger partial charge in [0.05, 0.1) is 11.2 Å². The number of amides is 1. The number of aromatic nitrogens is 2. The van der Waals surface area contributed by atoms with Crippen LogP contribution in [0.3, 0.4) is 0 Å². The first kappa shape index (κ1) is 17.5. The van der Waals surface area contributed by atoms with Crippen LogP contribution in [-0.4, -0.2) is 26.6 Å². The molecule has 0 saturated heterocycles. The smallest absolute Gasteiger partial charge is 0.287 e. The number of carbonyl (C=O) groups excluding carboxylic acids is 1. The lowest BCUT2D eigenvalue weighted by Crippen LogP contribution is -2.40. The van der Waals surface area contributed by atoms with Crippen molar-refractivity contribution in [1.29, 1.82) is 0 Å². The van der Waals surface area contributed by atoms with Crippen molar-refractivity contribution < 1.29 is 4.79 Å². The SMILES string of the molecule is CC(C)N(Cc1ccccc1)C(=O)Cn1ncc(Cl)c(Cl)c1=O. The molecule has 5 nitrogen and oxygen atoms in total. The summed E-state index contributed by atoms with van der Waals surface area (Å²) in [5.74, 6) is -0.211. The van der Waals surface area contributed by atoms with Crippen molar-refractivity contribution in [3.8, 4) is 0 Å². The van der Waals surface area contributed by atoms with Crippen LogP contribution >= 0.6 is 23.2 Å². The van der Waals surface area contributed by atoms with Gasteiger partial charge in [-0.2, -0.15) is 5.10 Å². The van der Waals surface area contributed by atoms with E-state index in [1.807, 2.05) is 44.2 Å². The molecule has 2 rings (SSSR count). The highest BCUT2D eigenvalue weighted by molar-refractivity contribution is 6.41. The van der Waals surface area contributed by atoms with E-state index in [1.165, 1.54) is 6.20 Å². The average Bonchev–Trinajstić information content (AvgIpc) is 2.53. The van der Waals surface area contributed by atoms with Gasteiger partial charge >= 0.3 is 0 Å². The highest BCUT2D eigenvalue weighted by Crippen LogP contribution is 2.15. The van der Waals surface area contributed by atoms with E-state index < -0.39 is 5.56 Å². The third kappa shape index (κ3) is 4.33. The molecule has 7 heteroatoms. The molecule has 1 heterocycles. The summed E-state index contributed by atoms with van der Waals surface area (Å²) < 4.78 is 1.02. The predicted octanol–water partition coefficient (Wildman–Crippen LogP) is 2.99. The van der Waals surface area contributed by atoms with Crippen LogP contribution < -0.4 is 5.56 Å². The second-order valence-electron chi connectivity index (χ2n) is 5.37. The fraction of sp³-hybridized carbons (Fsp3) is 0.312. The fourth-order valence-electron chi connectivity index (χ4n) is 2.12. The standard InChI is InChI=1S/C16H17Cl2N3O2/c1-11(2)20(9-12-6-4-3-5-7-12)14(22)10-21-16(23)15(18)13(17)8-19-21/h3-8,11H,9-10H2,1-2H3. The molecule has 0 aliphatic heterocycles. The molecule has 0 unspecified atom stereocenters.